The van der Waals surface area contributed by atoms with Crippen molar-refractivity contribution in [3.8, 4) is 0 Å². The third-order valence-electron chi connectivity index (χ3n) is 3.34. The lowest BCUT2D eigenvalue weighted by Crippen LogP contribution is -2.27. The zero-order valence-corrected chi connectivity index (χ0v) is 11.7. The first-order chi connectivity index (χ1) is 8.91. The Balaban J connectivity index is 2.39. The summed E-state index contributed by atoms with van der Waals surface area (Å²) in [5, 5.41) is 0. The molecule has 0 fully saturated rings. The van der Waals surface area contributed by atoms with Crippen LogP contribution in [-0.4, -0.2) is 13.0 Å². The summed E-state index contributed by atoms with van der Waals surface area (Å²) in [6, 6.07) is 7.25. The van der Waals surface area contributed by atoms with Gasteiger partial charge in [-0.05, 0) is 39.0 Å². The minimum atomic E-state index is -0.0857. The molecule has 19 heavy (non-hydrogen) atoms. The van der Waals surface area contributed by atoms with Crippen LogP contribution in [0.5, 0.6) is 0 Å². The van der Waals surface area contributed by atoms with Gasteiger partial charge in [-0.1, -0.05) is 6.07 Å². The van der Waals surface area contributed by atoms with Crippen molar-refractivity contribution in [3.63, 3.8) is 0 Å². The summed E-state index contributed by atoms with van der Waals surface area (Å²) in [6.07, 6.45) is 0. The Morgan fingerprint density at radius 2 is 1.89 bits per heavy atom. The van der Waals surface area contributed by atoms with Crippen molar-refractivity contribution in [1.29, 1.82) is 0 Å². The number of benzene rings is 1. The second kappa shape index (κ2) is 4.80. The lowest BCUT2D eigenvalue weighted by atomic mass is 10.1. The van der Waals surface area contributed by atoms with Gasteiger partial charge in [-0.25, -0.2) is 0 Å². The second-order valence-electron chi connectivity index (χ2n) is 4.67. The molecule has 0 aliphatic rings. The molecule has 0 saturated carbocycles. The maximum Gasteiger partial charge on any atom is 0.261 e. The van der Waals surface area contributed by atoms with Gasteiger partial charge in [-0.2, -0.15) is 0 Å². The number of rotatable bonds is 2. The number of hydrogen-bond acceptors (Lipinski definition) is 3. The molecule has 1 amide bonds. The number of carbonyl (C=O) groups excluding carboxylic acids is 1. The van der Waals surface area contributed by atoms with Crippen molar-refractivity contribution in [1.82, 2.24) is 0 Å². The summed E-state index contributed by atoms with van der Waals surface area (Å²) in [7, 11) is 1.73. The molecule has 1 heterocycles. The van der Waals surface area contributed by atoms with E-state index in [4.69, 9.17) is 10.2 Å². The number of hydrogen-bond donors (Lipinski definition) is 1. The highest BCUT2D eigenvalue weighted by Gasteiger charge is 2.22. The Hall–Kier alpha value is -2.23. The SMILES string of the molecule is Cc1oc(C)c(C(=O)N(C)c2cccc(N)c2)c1C. The van der Waals surface area contributed by atoms with Crippen LogP contribution >= 0.6 is 0 Å². The van der Waals surface area contributed by atoms with Crippen molar-refractivity contribution < 1.29 is 9.21 Å². The number of aryl methyl sites for hydroxylation is 2. The number of nitrogens with zero attached hydrogens (tertiary/aromatic N) is 1. The summed E-state index contributed by atoms with van der Waals surface area (Å²) in [5.41, 5.74) is 8.66. The van der Waals surface area contributed by atoms with Crippen LogP contribution in [0.1, 0.15) is 27.4 Å². The average molecular weight is 258 g/mol. The number of nitrogens with two attached hydrogens (primary N) is 1. The zero-order chi connectivity index (χ0) is 14.2. The molecule has 1 aromatic heterocycles. The minimum absolute atomic E-state index is 0.0857. The molecule has 4 heteroatoms. The maximum absolute atomic E-state index is 12.5. The quantitative estimate of drug-likeness (QED) is 0.842. The molecule has 0 saturated heterocycles. The molecular formula is C15H18N2O2. The molecule has 0 bridgehead atoms. The molecule has 0 aliphatic heterocycles. The van der Waals surface area contributed by atoms with Gasteiger partial charge in [0.25, 0.3) is 5.91 Å². The molecule has 2 N–H and O–H groups in total. The molecule has 2 aromatic rings. The Labute approximate surface area is 112 Å². The van der Waals surface area contributed by atoms with Crippen LogP contribution in [0, 0.1) is 20.8 Å². The van der Waals surface area contributed by atoms with E-state index in [2.05, 4.69) is 0 Å². The molecule has 1 aromatic carbocycles. The Morgan fingerprint density at radius 3 is 2.42 bits per heavy atom. The van der Waals surface area contributed by atoms with Crippen LogP contribution in [0.2, 0.25) is 0 Å². The number of carbonyl (C=O) groups is 1. The molecule has 0 spiro atoms. The zero-order valence-electron chi connectivity index (χ0n) is 11.7. The van der Waals surface area contributed by atoms with Crippen LogP contribution in [0.4, 0.5) is 11.4 Å². The first kappa shape index (κ1) is 13.2. The molecule has 0 radical (unpaired) electrons. The normalized spacial score (nSPS) is 10.5. The fourth-order valence-corrected chi connectivity index (χ4v) is 2.13. The summed E-state index contributed by atoms with van der Waals surface area (Å²) >= 11 is 0. The summed E-state index contributed by atoms with van der Waals surface area (Å²) in [6.45, 7) is 5.56. The van der Waals surface area contributed by atoms with E-state index < -0.39 is 0 Å². The lowest BCUT2D eigenvalue weighted by Gasteiger charge is -2.17. The number of amides is 1. The molecule has 2 rings (SSSR count). The lowest BCUT2D eigenvalue weighted by molar-refractivity contribution is 0.0991. The van der Waals surface area contributed by atoms with Crippen molar-refractivity contribution in [2.75, 3.05) is 17.7 Å². The summed E-state index contributed by atoms with van der Waals surface area (Å²) < 4.78 is 5.50. The predicted octanol–water partition coefficient (Wildman–Crippen LogP) is 3.06. The smallest absolute Gasteiger partial charge is 0.261 e. The minimum Gasteiger partial charge on any atom is -0.466 e. The van der Waals surface area contributed by atoms with Gasteiger partial charge < -0.3 is 15.1 Å². The van der Waals surface area contributed by atoms with Gasteiger partial charge in [-0.15, -0.1) is 0 Å². The third kappa shape index (κ3) is 2.34. The molecule has 0 aliphatic carbocycles. The highest BCUT2D eigenvalue weighted by atomic mass is 16.3. The molecule has 100 valence electrons. The van der Waals surface area contributed by atoms with E-state index in [-0.39, 0.29) is 5.91 Å². The maximum atomic E-state index is 12.5. The largest absolute Gasteiger partial charge is 0.466 e. The highest BCUT2D eigenvalue weighted by Crippen LogP contribution is 2.25. The fourth-order valence-electron chi connectivity index (χ4n) is 2.13. The van der Waals surface area contributed by atoms with Crippen molar-refractivity contribution in [2.24, 2.45) is 0 Å². The third-order valence-corrected chi connectivity index (χ3v) is 3.34. The molecular weight excluding hydrogens is 240 g/mol. The van der Waals surface area contributed by atoms with Crippen LogP contribution in [0.15, 0.2) is 28.7 Å². The Bertz CT molecular complexity index is 629. The van der Waals surface area contributed by atoms with Crippen molar-refractivity contribution in [3.05, 3.63) is 46.9 Å². The van der Waals surface area contributed by atoms with E-state index in [1.807, 2.05) is 26.0 Å². The van der Waals surface area contributed by atoms with Gasteiger partial charge in [-0.3, -0.25) is 4.79 Å². The van der Waals surface area contributed by atoms with Gasteiger partial charge in [0.1, 0.15) is 11.5 Å². The Morgan fingerprint density at radius 1 is 1.21 bits per heavy atom. The second-order valence-corrected chi connectivity index (χ2v) is 4.67. The number of furan rings is 1. The topological polar surface area (TPSA) is 59.5 Å². The van der Waals surface area contributed by atoms with E-state index >= 15 is 0 Å². The highest BCUT2D eigenvalue weighted by molar-refractivity contribution is 6.07. The van der Waals surface area contributed by atoms with Gasteiger partial charge in [0.05, 0.1) is 5.56 Å². The number of nitrogen functional groups attached to an aromatic ring is 1. The predicted molar refractivity (Wildman–Crippen MR) is 76.5 cm³/mol. The van der Waals surface area contributed by atoms with E-state index in [0.29, 0.717) is 17.0 Å². The van der Waals surface area contributed by atoms with E-state index in [1.165, 1.54) is 0 Å². The fraction of sp³-hybridized carbons (Fsp3) is 0.267. The summed E-state index contributed by atoms with van der Waals surface area (Å²) in [5.74, 6) is 1.34. The van der Waals surface area contributed by atoms with Gasteiger partial charge in [0.15, 0.2) is 0 Å². The number of anilines is 2. The van der Waals surface area contributed by atoms with Gasteiger partial charge in [0, 0.05) is 24.0 Å². The van der Waals surface area contributed by atoms with Gasteiger partial charge in [0.2, 0.25) is 0 Å². The monoisotopic (exact) mass is 258 g/mol. The van der Waals surface area contributed by atoms with Crippen LogP contribution in [0.3, 0.4) is 0 Å². The van der Waals surface area contributed by atoms with Crippen molar-refractivity contribution >= 4 is 17.3 Å². The van der Waals surface area contributed by atoms with Crippen molar-refractivity contribution in [2.45, 2.75) is 20.8 Å². The van der Waals surface area contributed by atoms with E-state index in [9.17, 15) is 4.79 Å². The first-order valence-electron chi connectivity index (χ1n) is 6.12. The Kier molecular flexibility index (Phi) is 3.34. The van der Waals surface area contributed by atoms with Crippen LogP contribution < -0.4 is 10.6 Å². The standard InChI is InChI=1S/C15H18N2O2/c1-9-10(2)19-11(3)14(9)15(18)17(4)13-7-5-6-12(16)8-13/h5-8H,16H2,1-4H3. The average Bonchev–Trinajstić information content (AvgIpc) is 2.61. The first-order valence-corrected chi connectivity index (χ1v) is 6.12. The van der Waals surface area contributed by atoms with E-state index in [1.54, 1.807) is 31.0 Å². The van der Waals surface area contributed by atoms with Crippen LogP contribution in [0.25, 0.3) is 0 Å². The van der Waals surface area contributed by atoms with Crippen LogP contribution in [-0.2, 0) is 0 Å². The van der Waals surface area contributed by atoms with Gasteiger partial charge >= 0.3 is 0 Å². The van der Waals surface area contributed by atoms with E-state index in [0.717, 1.165) is 17.0 Å². The molecule has 4 nitrogen and oxygen atoms in total. The molecule has 0 unspecified atom stereocenters. The molecule has 0 atom stereocenters. The summed E-state index contributed by atoms with van der Waals surface area (Å²) in [4.78, 5) is 14.1.